The predicted molar refractivity (Wildman–Crippen MR) is 88.6 cm³/mol. The Morgan fingerprint density at radius 1 is 0.700 bits per heavy atom. The van der Waals surface area contributed by atoms with E-state index in [0.717, 1.165) is 16.5 Å². The first kappa shape index (κ1) is 13.3. The molecule has 82 valence electrons. The Morgan fingerprint density at radius 2 is 1.30 bits per heavy atom. The Labute approximate surface area is 124 Å². The standard InChI is InChI=1S/C14H5B5O/c15-10-9(11(16)13(18)14(19)12(10)17)7-1-2-8-6(5-7)3-4-20-8/h1-5H. The second kappa shape index (κ2) is 4.69. The first-order chi connectivity index (χ1) is 9.50. The molecule has 0 unspecified atom stereocenters. The molecular formula is C14H5B5O. The zero-order chi connectivity index (χ0) is 14.4. The lowest BCUT2D eigenvalue weighted by atomic mass is 9.59. The summed E-state index contributed by atoms with van der Waals surface area (Å²) in [6.07, 6.45) is 1.62. The molecule has 2 aromatic carbocycles. The van der Waals surface area contributed by atoms with Gasteiger partial charge < -0.3 is 4.42 Å². The van der Waals surface area contributed by atoms with E-state index in [9.17, 15) is 0 Å². The lowest BCUT2D eigenvalue weighted by Crippen LogP contribution is -2.55. The van der Waals surface area contributed by atoms with E-state index in [0.29, 0.717) is 16.5 Å². The fourth-order valence-corrected chi connectivity index (χ4v) is 2.28. The van der Waals surface area contributed by atoms with Gasteiger partial charge in [0.15, 0.2) is 0 Å². The van der Waals surface area contributed by atoms with Crippen molar-refractivity contribution in [1.29, 1.82) is 0 Å². The van der Waals surface area contributed by atoms with Crippen LogP contribution in [0.1, 0.15) is 0 Å². The second-order valence-corrected chi connectivity index (χ2v) is 4.62. The van der Waals surface area contributed by atoms with Crippen LogP contribution in [0.15, 0.2) is 34.9 Å². The summed E-state index contributed by atoms with van der Waals surface area (Å²) >= 11 is 0. The highest BCUT2D eigenvalue weighted by Crippen LogP contribution is 2.22. The lowest BCUT2D eigenvalue weighted by Gasteiger charge is -2.21. The summed E-state index contributed by atoms with van der Waals surface area (Å²) in [6.45, 7) is 0. The van der Waals surface area contributed by atoms with Gasteiger partial charge in [-0.25, -0.2) is 0 Å². The molecule has 1 nitrogen and oxygen atoms in total. The molecule has 6 heteroatoms. The van der Waals surface area contributed by atoms with Crippen molar-refractivity contribution in [2.75, 3.05) is 0 Å². The molecule has 0 aliphatic rings. The van der Waals surface area contributed by atoms with E-state index in [-0.39, 0.29) is 16.4 Å². The molecule has 10 radical (unpaired) electrons. The van der Waals surface area contributed by atoms with Crippen molar-refractivity contribution in [1.82, 2.24) is 0 Å². The minimum Gasteiger partial charge on any atom is -0.464 e. The van der Waals surface area contributed by atoms with Gasteiger partial charge in [0.1, 0.15) is 44.8 Å². The zero-order valence-electron chi connectivity index (χ0n) is 10.7. The zero-order valence-corrected chi connectivity index (χ0v) is 10.7. The summed E-state index contributed by atoms with van der Waals surface area (Å²) in [4.78, 5) is 0. The van der Waals surface area contributed by atoms with Crippen LogP contribution in [0.3, 0.4) is 0 Å². The molecule has 0 atom stereocenters. The molecule has 0 aliphatic carbocycles. The van der Waals surface area contributed by atoms with Gasteiger partial charge in [0, 0.05) is 5.39 Å². The molecular weight excluding hydrogens is 238 g/mol. The van der Waals surface area contributed by atoms with E-state index in [4.69, 9.17) is 43.6 Å². The van der Waals surface area contributed by atoms with Crippen LogP contribution in [0, 0.1) is 0 Å². The van der Waals surface area contributed by atoms with Crippen LogP contribution in [0.5, 0.6) is 0 Å². The number of furan rings is 1. The van der Waals surface area contributed by atoms with Crippen LogP contribution in [-0.4, -0.2) is 39.2 Å². The van der Waals surface area contributed by atoms with Crippen molar-refractivity contribution in [3.05, 3.63) is 30.5 Å². The van der Waals surface area contributed by atoms with Crippen molar-refractivity contribution in [2.45, 2.75) is 0 Å². The second-order valence-electron chi connectivity index (χ2n) is 4.62. The normalized spacial score (nSPS) is 11.0. The first-order valence-electron chi connectivity index (χ1n) is 5.99. The number of benzene rings is 2. The van der Waals surface area contributed by atoms with Crippen LogP contribution >= 0.6 is 0 Å². The highest BCUT2D eigenvalue weighted by molar-refractivity contribution is 6.68. The van der Waals surface area contributed by atoms with E-state index in [1.165, 1.54) is 0 Å². The molecule has 3 aromatic rings. The average Bonchev–Trinajstić information content (AvgIpc) is 2.91. The van der Waals surface area contributed by atoms with Gasteiger partial charge in [0.05, 0.1) is 6.26 Å². The molecule has 0 N–H and O–H groups in total. The van der Waals surface area contributed by atoms with E-state index in [2.05, 4.69) is 0 Å². The quantitative estimate of drug-likeness (QED) is 0.454. The molecule has 20 heavy (non-hydrogen) atoms. The summed E-state index contributed by atoms with van der Waals surface area (Å²) in [6, 6.07) is 7.46. The minimum atomic E-state index is 0.216. The van der Waals surface area contributed by atoms with E-state index in [1.54, 1.807) is 6.26 Å². The van der Waals surface area contributed by atoms with Crippen molar-refractivity contribution in [3.8, 4) is 11.1 Å². The lowest BCUT2D eigenvalue weighted by molar-refractivity contribution is 0.616. The van der Waals surface area contributed by atoms with Gasteiger partial charge in [-0.3, -0.25) is 0 Å². The largest absolute Gasteiger partial charge is 0.464 e. The molecule has 0 aliphatic heterocycles. The Kier molecular flexibility index (Phi) is 3.12. The number of hydrogen-bond acceptors (Lipinski definition) is 1. The van der Waals surface area contributed by atoms with Crippen LogP contribution in [0.25, 0.3) is 22.1 Å². The van der Waals surface area contributed by atoms with Gasteiger partial charge in [-0.2, -0.15) is 0 Å². The van der Waals surface area contributed by atoms with Crippen LogP contribution < -0.4 is 27.3 Å². The SMILES string of the molecule is [B]c1c([B])c([B])c(-c2ccc3occc3c2)c([B])c1[B]. The maximum atomic E-state index is 6.04. The maximum absolute atomic E-state index is 6.04. The number of fused-ring (bicyclic) bond motifs is 1. The average molecular weight is 243 g/mol. The summed E-state index contributed by atoms with van der Waals surface area (Å²) in [5, 5.41) is 0.940. The van der Waals surface area contributed by atoms with Gasteiger partial charge in [-0.05, 0) is 29.3 Å². The Hall–Kier alpha value is -1.70. The third-order valence-corrected chi connectivity index (χ3v) is 3.44. The molecule has 0 saturated carbocycles. The van der Waals surface area contributed by atoms with Gasteiger partial charge in [0.25, 0.3) is 0 Å². The molecule has 1 heterocycles. The fraction of sp³-hybridized carbons (Fsp3) is 0. The Balaban J connectivity index is 2.33. The van der Waals surface area contributed by atoms with Crippen molar-refractivity contribution in [2.24, 2.45) is 0 Å². The molecule has 0 saturated heterocycles. The van der Waals surface area contributed by atoms with E-state index >= 15 is 0 Å². The molecule has 0 fully saturated rings. The summed E-state index contributed by atoms with van der Waals surface area (Å²) < 4.78 is 5.30. The maximum Gasteiger partial charge on any atom is 0.133 e. The third-order valence-electron chi connectivity index (χ3n) is 3.44. The molecule has 0 spiro atoms. The summed E-state index contributed by atoms with van der Waals surface area (Å²) in [7, 11) is 29.6. The Bertz CT molecular complexity index is 793. The van der Waals surface area contributed by atoms with E-state index < -0.39 is 0 Å². The number of rotatable bonds is 1. The molecule has 0 bridgehead atoms. The third kappa shape index (κ3) is 1.86. The molecule has 1 aromatic heterocycles. The van der Waals surface area contributed by atoms with E-state index in [1.807, 2.05) is 24.3 Å². The van der Waals surface area contributed by atoms with Crippen LogP contribution in [0.2, 0.25) is 0 Å². The predicted octanol–water partition coefficient (Wildman–Crippen LogP) is -1.93. The van der Waals surface area contributed by atoms with Crippen molar-refractivity contribution in [3.63, 3.8) is 0 Å². The minimum absolute atomic E-state index is 0.216. The summed E-state index contributed by atoms with van der Waals surface area (Å²) in [5.74, 6) is 0. The van der Waals surface area contributed by atoms with Gasteiger partial charge in [-0.15, -0.1) is 16.4 Å². The van der Waals surface area contributed by atoms with Crippen molar-refractivity contribution < 1.29 is 4.42 Å². The van der Waals surface area contributed by atoms with Gasteiger partial charge >= 0.3 is 0 Å². The fourth-order valence-electron chi connectivity index (χ4n) is 2.28. The van der Waals surface area contributed by atoms with Crippen molar-refractivity contribution >= 4 is 77.5 Å². The van der Waals surface area contributed by atoms with Crippen LogP contribution in [0.4, 0.5) is 0 Å². The number of hydrogen-bond donors (Lipinski definition) is 0. The molecule has 3 rings (SSSR count). The highest BCUT2D eigenvalue weighted by atomic mass is 16.3. The van der Waals surface area contributed by atoms with Gasteiger partial charge in [0.2, 0.25) is 0 Å². The topological polar surface area (TPSA) is 13.1 Å². The first-order valence-corrected chi connectivity index (χ1v) is 5.99. The molecule has 0 amide bonds. The Morgan fingerprint density at radius 3 is 1.95 bits per heavy atom. The van der Waals surface area contributed by atoms with Crippen LogP contribution in [-0.2, 0) is 0 Å². The monoisotopic (exact) mass is 244 g/mol. The highest BCUT2D eigenvalue weighted by Gasteiger charge is 2.12. The summed E-state index contributed by atoms with van der Waals surface area (Å²) in [5.41, 5.74) is 3.56. The van der Waals surface area contributed by atoms with Gasteiger partial charge in [-0.1, -0.05) is 17.0 Å². The smallest absolute Gasteiger partial charge is 0.133 e.